The number of nitro groups is 1. The fourth-order valence-corrected chi connectivity index (χ4v) is 5.28. The third kappa shape index (κ3) is 4.55. The number of benzene rings is 4. The molecule has 10 heteroatoms. The van der Waals surface area contributed by atoms with E-state index in [1.807, 2.05) is 84.9 Å². The molecular formula is C30H22ClN3O6. The van der Waals surface area contributed by atoms with E-state index in [0.717, 1.165) is 22.1 Å². The Kier molecular flexibility index (Phi) is 6.67. The molecule has 4 aromatic carbocycles. The minimum absolute atomic E-state index is 0.0683. The van der Waals surface area contributed by atoms with Crippen molar-refractivity contribution in [3.05, 3.63) is 129 Å². The highest BCUT2D eigenvalue weighted by atomic mass is 35.5. The molecule has 200 valence electrons. The molecule has 9 nitrogen and oxygen atoms in total. The summed E-state index contributed by atoms with van der Waals surface area (Å²) in [6.45, 7) is 0.405. The van der Waals surface area contributed by atoms with Gasteiger partial charge in [0.05, 0.1) is 22.3 Å². The van der Waals surface area contributed by atoms with Gasteiger partial charge in [0.1, 0.15) is 23.3 Å². The van der Waals surface area contributed by atoms with Crippen molar-refractivity contribution in [2.45, 2.75) is 18.8 Å². The van der Waals surface area contributed by atoms with Crippen molar-refractivity contribution >= 4 is 40.5 Å². The quantitative estimate of drug-likeness (QED) is 0.159. The fourth-order valence-electron chi connectivity index (χ4n) is 5.09. The lowest BCUT2D eigenvalue weighted by molar-refractivity contribution is -0.384. The standard InChI is InChI=1S/C30H22ClN3O6/c31-24-16-13-22(17-25(24)34(37)38)32-29(35)26-27(33(40-28(26)30(32)36)21-9-5-2-6-10-21)20-11-14-23(15-12-20)39-18-19-7-3-1-4-8-19/h1-17,26-28H,18H2/t26-,27+,28+/m0/s1. The molecule has 0 bridgehead atoms. The van der Waals surface area contributed by atoms with Crippen molar-refractivity contribution in [1.82, 2.24) is 0 Å². The molecule has 0 spiro atoms. The van der Waals surface area contributed by atoms with Crippen LogP contribution in [0.15, 0.2) is 103 Å². The number of ether oxygens (including phenoxy) is 1. The normalized spacial score (nSPS) is 20.1. The van der Waals surface area contributed by atoms with Gasteiger partial charge in [-0.3, -0.25) is 24.5 Å². The van der Waals surface area contributed by atoms with Crippen LogP contribution in [0.25, 0.3) is 0 Å². The third-order valence-electron chi connectivity index (χ3n) is 6.98. The zero-order chi connectivity index (χ0) is 27.8. The number of hydrogen-bond acceptors (Lipinski definition) is 7. The summed E-state index contributed by atoms with van der Waals surface area (Å²) in [4.78, 5) is 45.2. The number of fused-ring (bicyclic) bond motifs is 1. The van der Waals surface area contributed by atoms with E-state index in [1.54, 1.807) is 5.06 Å². The van der Waals surface area contributed by atoms with E-state index < -0.39 is 40.5 Å². The van der Waals surface area contributed by atoms with Crippen LogP contribution in [-0.4, -0.2) is 22.8 Å². The molecule has 2 heterocycles. The number of halogens is 1. The highest BCUT2D eigenvalue weighted by Crippen LogP contribution is 2.48. The van der Waals surface area contributed by atoms with Gasteiger partial charge in [-0.2, -0.15) is 0 Å². The van der Waals surface area contributed by atoms with Crippen molar-refractivity contribution in [1.29, 1.82) is 0 Å². The number of hydrogen-bond donors (Lipinski definition) is 0. The van der Waals surface area contributed by atoms with Gasteiger partial charge >= 0.3 is 0 Å². The second kappa shape index (κ2) is 10.4. The Hall–Kier alpha value is -4.73. The molecule has 2 aliphatic heterocycles. The largest absolute Gasteiger partial charge is 0.489 e. The van der Waals surface area contributed by atoms with E-state index in [0.29, 0.717) is 18.0 Å². The van der Waals surface area contributed by atoms with Gasteiger partial charge in [0, 0.05) is 6.07 Å². The Morgan fingerprint density at radius 3 is 2.20 bits per heavy atom. The Bertz CT molecular complexity index is 1580. The summed E-state index contributed by atoms with van der Waals surface area (Å²) in [5, 5.41) is 12.9. The minimum atomic E-state index is -1.11. The van der Waals surface area contributed by atoms with E-state index >= 15 is 0 Å². The number of carbonyl (C=O) groups excluding carboxylic acids is 2. The van der Waals surface area contributed by atoms with Gasteiger partial charge < -0.3 is 4.74 Å². The number of nitrogens with zero attached hydrogens (tertiary/aromatic N) is 3. The Labute approximate surface area is 234 Å². The Morgan fingerprint density at radius 1 is 0.850 bits per heavy atom. The van der Waals surface area contributed by atoms with Crippen LogP contribution in [0.4, 0.5) is 17.1 Å². The van der Waals surface area contributed by atoms with Crippen molar-refractivity contribution in [2.24, 2.45) is 5.92 Å². The molecule has 4 aromatic rings. The molecule has 2 aliphatic rings. The molecule has 2 amide bonds. The van der Waals surface area contributed by atoms with Gasteiger partial charge in [-0.05, 0) is 47.5 Å². The second-order valence-corrected chi connectivity index (χ2v) is 9.81. The number of amides is 2. The zero-order valence-corrected chi connectivity index (χ0v) is 21.7. The average molecular weight is 556 g/mol. The number of para-hydroxylation sites is 1. The minimum Gasteiger partial charge on any atom is -0.489 e. The number of rotatable bonds is 7. The maximum absolute atomic E-state index is 13.8. The van der Waals surface area contributed by atoms with E-state index in [9.17, 15) is 19.7 Å². The monoisotopic (exact) mass is 555 g/mol. The summed E-state index contributed by atoms with van der Waals surface area (Å²) in [5.41, 5.74) is 2.13. The van der Waals surface area contributed by atoms with Crippen molar-refractivity contribution < 1.29 is 24.1 Å². The van der Waals surface area contributed by atoms with Gasteiger partial charge in [-0.15, -0.1) is 0 Å². The second-order valence-electron chi connectivity index (χ2n) is 9.41. The highest BCUT2D eigenvalue weighted by molar-refractivity contribution is 6.33. The Morgan fingerprint density at radius 2 is 1.52 bits per heavy atom. The molecular weight excluding hydrogens is 534 g/mol. The van der Waals surface area contributed by atoms with Crippen LogP contribution in [0.1, 0.15) is 17.2 Å². The molecule has 40 heavy (non-hydrogen) atoms. The number of hydroxylamine groups is 1. The zero-order valence-electron chi connectivity index (χ0n) is 20.9. The van der Waals surface area contributed by atoms with Crippen LogP contribution in [0.3, 0.4) is 0 Å². The third-order valence-corrected chi connectivity index (χ3v) is 7.30. The van der Waals surface area contributed by atoms with Crippen molar-refractivity contribution in [3.63, 3.8) is 0 Å². The summed E-state index contributed by atoms with van der Waals surface area (Å²) in [6, 6.07) is 29.5. The molecule has 0 aromatic heterocycles. The molecule has 6 rings (SSSR count). The van der Waals surface area contributed by atoms with Crippen LogP contribution >= 0.6 is 11.6 Å². The number of nitro benzene ring substituents is 1. The predicted octanol–water partition coefficient (Wildman–Crippen LogP) is 5.88. The lowest BCUT2D eigenvalue weighted by Crippen LogP contribution is -2.37. The van der Waals surface area contributed by atoms with Crippen LogP contribution in [-0.2, 0) is 21.0 Å². The van der Waals surface area contributed by atoms with E-state index in [1.165, 1.54) is 12.1 Å². The van der Waals surface area contributed by atoms with Gasteiger partial charge in [-0.25, -0.2) is 9.96 Å². The predicted molar refractivity (Wildman–Crippen MR) is 148 cm³/mol. The maximum atomic E-state index is 13.8. The van der Waals surface area contributed by atoms with Crippen LogP contribution in [0.5, 0.6) is 5.75 Å². The maximum Gasteiger partial charge on any atom is 0.289 e. The fraction of sp³-hybridized carbons (Fsp3) is 0.133. The molecule has 0 radical (unpaired) electrons. The smallest absolute Gasteiger partial charge is 0.289 e. The lowest BCUT2D eigenvalue weighted by Gasteiger charge is -2.28. The topological polar surface area (TPSA) is 102 Å². The number of imide groups is 1. The highest BCUT2D eigenvalue weighted by Gasteiger charge is 2.60. The number of carbonyl (C=O) groups is 2. The summed E-state index contributed by atoms with van der Waals surface area (Å²) in [6.07, 6.45) is -1.11. The van der Waals surface area contributed by atoms with Gasteiger partial charge in [0.25, 0.3) is 11.6 Å². The summed E-state index contributed by atoms with van der Waals surface area (Å²) in [7, 11) is 0. The van der Waals surface area contributed by atoms with Crippen LogP contribution < -0.4 is 14.7 Å². The molecule has 3 atom stereocenters. The van der Waals surface area contributed by atoms with Crippen LogP contribution in [0, 0.1) is 16.0 Å². The summed E-state index contributed by atoms with van der Waals surface area (Å²) >= 11 is 5.95. The van der Waals surface area contributed by atoms with Gasteiger partial charge in [0.2, 0.25) is 5.91 Å². The summed E-state index contributed by atoms with van der Waals surface area (Å²) < 4.78 is 5.92. The lowest BCUT2D eigenvalue weighted by atomic mass is 9.90. The van der Waals surface area contributed by atoms with Gasteiger partial charge in [-0.1, -0.05) is 72.3 Å². The van der Waals surface area contributed by atoms with Crippen molar-refractivity contribution in [2.75, 3.05) is 9.96 Å². The molecule has 0 unspecified atom stereocenters. The van der Waals surface area contributed by atoms with E-state index in [2.05, 4.69) is 0 Å². The SMILES string of the molecule is O=C1[C@H]2[C@@H](c3ccc(OCc4ccccc4)cc3)N(c3ccccc3)O[C@H]2C(=O)N1c1ccc(Cl)c([N+](=O)[O-])c1. The first-order valence-electron chi connectivity index (χ1n) is 12.5. The first-order chi connectivity index (χ1) is 19.4. The molecule has 2 saturated heterocycles. The molecule has 0 saturated carbocycles. The molecule has 2 fully saturated rings. The number of anilines is 2. The van der Waals surface area contributed by atoms with Crippen LogP contribution in [0.2, 0.25) is 5.02 Å². The van der Waals surface area contributed by atoms with Crippen molar-refractivity contribution in [3.8, 4) is 5.75 Å². The first kappa shape index (κ1) is 25.5. The molecule has 0 aliphatic carbocycles. The first-order valence-corrected chi connectivity index (χ1v) is 12.9. The summed E-state index contributed by atoms with van der Waals surface area (Å²) in [5.74, 6) is -1.35. The van der Waals surface area contributed by atoms with E-state index in [4.69, 9.17) is 21.2 Å². The van der Waals surface area contributed by atoms with E-state index in [-0.39, 0.29) is 10.7 Å². The Balaban J connectivity index is 1.32. The van der Waals surface area contributed by atoms with Gasteiger partial charge in [0.15, 0.2) is 6.10 Å². The molecule has 0 N–H and O–H groups in total. The average Bonchev–Trinajstić information content (AvgIpc) is 3.49.